The summed E-state index contributed by atoms with van der Waals surface area (Å²) in [5.74, 6) is 0.793. The Morgan fingerprint density at radius 3 is 2.55 bits per heavy atom. The Hall–Kier alpha value is -1.31. The molecule has 7 heteroatoms. The molecule has 0 amide bonds. The molecular weight excluding hydrogens is 280 g/mol. The fourth-order valence-corrected chi connectivity index (χ4v) is 3.87. The second-order valence-electron chi connectivity index (χ2n) is 4.84. The maximum atomic E-state index is 12.4. The number of nitrogens with one attached hydrogen (secondary N) is 1. The second kappa shape index (κ2) is 5.99. The third kappa shape index (κ3) is 3.05. The molecule has 0 spiro atoms. The van der Waals surface area contributed by atoms with Gasteiger partial charge in [0.1, 0.15) is 16.4 Å². The van der Waals surface area contributed by atoms with Gasteiger partial charge < -0.3 is 15.2 Å². The van der Waals surface area contributed by atoms with E-state index >= 15 is 0 Å². The second-order valence-corrected chi connectivity index (χ2v) is 6.52. The average molecular weight is 300 g/mol. The van der Waals surface area contributed by atoms with E-state index in [1.807, 2.05) is 0 Å². The normalized spacial score (nSPS) is 22.8. The molecule has 2 rings (SSSR count). The Morgan fingerprint density at radius 1 is 1.25 bits per heavy atom. The third-order valence-electron chi connectivity index (χ3n) is 3.54. The van der Waals surface area contributed by atoms with Gasteiger partial charge in [0, 0.05) is 18.2 Å². The summed E-state index contributed by atoms with van der Waals surface area (Å²) in [6, 6.07) is 4.26. The summed E-state index contributed by atoms with van der Waals surface area (Å²) < 4.78 is 37.7. The van der Waals surface area contributed by atoms with Gasteiger partial charge in [0.25, 0.3) is 0 Å². The highest BCUT2D eigenvalue weighted by atomic mass is 32.2. The minimum Gasteiger partial charge on any atom is -0.497 e. The van der Waals surface area contributed by atoms with E-state index in [0.29, 0.717) is 5.75 Å². The van der Waals surface area contributed by atoms with Crippen molar-refractivity contribution in [3.63, 3.8) is 0 Å². The van der Waals surface area contributed by atoms with Crippen molar-refractivity contribution in [2.45, 2.75) is 36.2 Å². The van der Waals surface area contributed by atoms with E-state index in [-0.39, 0.29) is 22.7 Å². The molecule has 1 aliphatic carbocycles. The Bertz CT molecular complexity index is 574. The molecule has 0 heterocycles. The van der Waals surface area contributed by atoms with Crippen LogP contribution in [0.2, 0.25) is 0 Å². The Kier molecular flexibility index (Phi) is 4.52. The summed E-state index contributed by atoms with van der Waals surface area (Å²) in [4.78, 5) is 0.0971. The van der Waals surface area contributed by atoms with Crippen LogP contribution in [-0.4, -0.2) is 34.7 Å². The van der Waals surface area contributed by atoms with Crippen molar-refractivity contribution in [3.05, 3.63) is 18.2 Å². The first kappa shape index (κ1) is 15.1. The first-order valence-electron chi connectivity index (χ1n) is 6.48. The lowest BCUT2D eigenvalue weighted by Gasteiger charge is -2.18. The molecule has 1 saturated carbocycles. The lowest BCUT2D eigenvalue weighted by Crippen LogP contribution is -2.43. The van der Waals surface area contributed by atoms with Crippen LogP contribution >= 0.6 is 0 Å². The van der Waals surface area contributed by atoms with Gasteiger partial charge >= 0.3 is 0 Å². The number of methoxy groups -OCH3 is 2. The molecule has 0 aliphatic heterocycles. The number of hydrogen-bond donors (Lipinski definition) is 2. The summed E-state index contributed by atoms with van der Waals surface area (Å²) in [6.45, 7) is 0. The van der Waals surface area contributed by atoms with E-state index in [4.69, 9.17) is 15.2 Å². The maximum Gasteiger partial charge on any atom is 0.244 e. The van der Waals surface area contributed by atoms with E-state index in [2.05, 4.69) is 4.72 Å². The quantitative estimate of drug-likeness (QED) is 0.841. The molecular formula is C13H20N2O4S. The standard InChI is InChI=1S/C13H20N2O4S/c1-18-9-6-7-13(12(8-9)19-2)20(16,17)15-11-5-3-4-10(11)14/h6-8,10-11,15H,3-5,14H2,1-2H3. The summed E-state index contributed by atoms with van der Waals surface area (Å²) >= 11 is 0. The molecule has 0 saturated heterocycles. The van der Waals surface area contributed by atoms with Crippen molar-refractivity contribution < 1.29 is 17.9 Å². The molecule has 2 atom stereocenters. The topological polar surface area (TPSA) is 90.7 Å². The molecule has 1 aromatic carbocycles. The zero-order chi connectivity index (χ0) is 14.8. The van der Waals surface area contributed by atoms with E-state index in [9.17, 15) is 8.42 Å². The van der Waals surface area contributed by atoms with E-state index in [0.717, 1.165) is 19.3 Å². The molecule has 1 fully saturated rings. The van der Waals surface area contributed by atoms with Crippen LogP contribution in [0.3, 0.4) is 0 Å². The number of nitrogens with two attached hydrogens (primary N) is 1. The third-order valence-corrected chi connectivity index (χ3v) is 5.07. The molecule has 1 aromatic rings. The predicted octanol–water partition coefficient (Wildman–Crippen LogP) is 0.862. The van der Waals surface area contributed by atoms with Crippen LogP contribution in [0.15, 0.2) is 23.1 Å². The van der Waals surface area contributed by atoms with Crippen LogP contribution in [0.25, 0.3) is 0 Å². The van der Waals surface area contributed by atoms with Crippen LogP contribution in [0, 0.1) is 0 Å². The zero-order valence-electron chi connectivity index (χ0n) is 11.6. The van der Waals surface area contributed by atoms with Crippen molar-refractivity contribution in [2.24, 2.45) is 5.73 Å². The van der Waals surface area contributed by atoms with Gasteiger partial charge in [-0.1, -0.05) is 6.42 Å². The van der Waals surface area contributed by atoms with Gasteiger partial charge in [-0.2, -0.15) is 0 Å². The van der Waals surface area contributed by atoms with Gasteiger partial charge in [-0.3, -0.25) is 0 Å². The predicted molar refractivity (Wildman–Crippen MR) is 75.5 cm³/mol. The van der Waals surface area contributed by atoms with Gasteiger partial charge in [-0.25, -0.2) is 13.1 Å². The van der Waals surface area contributed by atoms with Gasteiger partial charge in [0.2, 0.25) is 10.0 Å². The van der Waals surface area contributed by atoms with Crippen LogP contribution in [-0.2, 0) is 10.0 Å². The Labute approximate surface area is 119 Å². The Morgan fingerprint density at radius 2 is 2.00 bits per heavy atom. The molecule has 6 nitrogen and oxygen atoms in total. The smallest absolute Gasteiger partial charge is 0.244 e. The fraction of sp³-hybridized carbons (Fsp3) is 0.538. The van der Waals surface area contributed by atoms with Crippen LogP contribution in [0.5, 0.6) is 11.5 Å². The minimum absolute atomic E-state index is 0.0971. The lowest BCUT2D eigenvalue weighted by molar-refractivity contribution is 0.385. The number of sulfonamides is 1. The fourth-order valence-electron chi connectivity index (χ4n) is 2.39. The minimum atomic E-state index is -3.65. The molecule has 1 aliphatic rings. The molecule has 0 bridgehead atoms. The monoisotopic (exact) mass is 300 g/mol. The molecule has 20 heavy (non-hydrogen) atoms. The highest BCUT2D eigenvalue weighted by Gasteiger charge is 2.30. The van der Waals surface area contributed by atoms with Crippen LogP contribution in [0.4, 0.5) is 0 Å². The first-order valence-corrected chi connectivity index (χ1v) is 7.96. The molecule has 112 valence electrons. The lowest BCUT2D eigenvalue weighted by atomic mass is 10.2. The van der Waals surface area contributed by atoms with E-state index in [1.165, 1.54) is 20.3 Å². The molecule has 0 radical (unpaired) electrons. The van der Waals surface area contributed by atoms with Crippen molar-refractivity contribution in [1.82, 2.24) is 4.72 Å². The van der Waals surface area contributed by atoms with E-state index < -0.39 is 10.0 Å². The van der Waals surface area contributed by atoms with Crippen LogP contribution in [0.1, 0.15) is 19.3 Å². The van der Waals surface area contributed by atoms with Crippen molar-refractivity contribution >= 4 is 10.0 Å². The highest BCUT2D eigenvalue weighted by molar-refractivity contribution is 7.89. The Balaban J connectivity index is 2.29. The molecule has 0 aromatic heterocycles. The summed E-state index contributed by atoms with van der Waals surface area (Å²) in [5.41, 5.74) is 5.90. The van der Waals surface area contributed by atoms with Gasteiger partial charge in [0.05, 0.1) is 14.2 Å². The van der Waals surface area contributed by atoms with Crippen molar-refractivity contribution in [3.8, 4) is 11.5 Å². The molecule has 3 N–H and O–H groups in total. The number of benzene rings is 1. The van der Waals surface area contributed by atoms with Crippen molar-refractivity contribution in [2.75, 3.05) is 14.2 Å². The summed E-state index contributed by atoms with van der Waals surface area (Å²) in [7, 11) is -0.717. The number of rotatable bonds is 5. The summed E-state index contributed by atoms with van der Waals surface area (Å²) in [5, 5.41) is 0. The van der Waals surface area contributed by atoms with Crippen LogP contribution < -0.4 is 19.9 Å². The largest absolute Gasteiger partial charge is 0.497 e. The van der Waals surface area contributed by atoms with Gasteiger partial charge in [-0.05, 0) is 25.0 Å². The highest BCUT2D eigenvalue weighted by Crippen LogP contribution is 2.29. The maximum absolute atomic E-state index is 12.4. The zero-order valence-corrected chi connectivity index (χ0v) is 12.4. The SMILES string of the molecule is COc1ccc(S(=O)(=O)NC2CCCC2N)c(OC)c1. The number of hydrogen-bond acceptors (Lipinski definition) is 5. The van der Waals surface area contributed by atoms with Gasteiger partial charge in [0.15, 0.2) is 0 Å². The van der Waals surface area contributed by atoms with Gasteiger partial charge in [-0.15, -0.1) is 0 Å². The average Bonchev–Trinajstić information content (AvgIpc) is 2.82. The first-order chi connectivity index (χ1) is 9.47. The van der Waals surface area contributed by atoms with Crippen molar-refractivity contribution in [1.29, 1.82) is 0 Å². The number of ether oxygens (including phenoxy) is 2. The molecule has 2 unspecified atom stereocenters. The summed E-state index contributed by atoms with van der Waals surface area (Å²) in [6.07, 6.45) is 2.54. The van der Waals surface area contributed by atoms with E-state index in [1.54, 1.807) is 12.1 Å².